The van der Waals surface area contributed by atoms with Crippen molar-refractivity contribution in [2.45, 2.75) is 38.6 Å². The van der Waals surface area contributed by atoms with E-state index in [0.717, 1.165) is 0 Å². The minimum absolute atomic E-state index is 0.0233. The van der Waals surface area contributed by atoms with Gasteiger partial charge in [-0.25, -0.2) is 8.42 Å². The van der Waals surface area contributed by atoms with Crippen LogP contribution in [-0.2, 0) is 19.6 Å². The molecule has 128 valence electrons. The van der Waals surface area contributed by atoms with Crippen molar-refractivity contribution < 1.29 is 18.0 Å². The van der Waals surface area contributed by atoms with Crippen LogP contribution < -0.4 is 15.4 Å². The van der Waals surface area contributed by atoms with E-state index in [1.807, 2.05) is 13.8 Å². The van der Waals surface area contributed by atoms with Gasteiger partial charge in [-0.05, 0) is 37.1 Å². The van der Waals surface area contributed by atoms with Crippen LogP contribution in [-0.4, -0.2) is 32.8 Å². The number of nitrogens with one attached hydrogen (secondary N) is 3. The summed E-state index contributed by atoms with van der Waals surface area (Å²) in [5.74, 6) is -0.338. The van der Waals surface area contributed by atoms with Gasteiger partial charge >= 0.3 is 0 Å². The molecule has 7 nitrogen and oxygen atoms in total. The highest BCUT2D eigenvalue weighted by Crippen LogP contribution is 2.14. The molecule has 0 saturated heterocycles. The molecule has 3 N–H and O–H groups in total. The first kappa shape index (κ1) is 19.1. The molecule has 0 fully saturated rings. The minimum Gasteiger partial charge on any atom is -0.354 e. The van der Waals surface area contributed by atoms with E-state index in [9.17, 15) is 18.0 Å². The molecule has 8 heteroatoms. The van der Waals surface area contributed by atoms with E-state index < -0.39 is 16.1 Å². The first-order chi connectivity index (χ1) is 10.6. The van der Waals surface area contributed by atoms with Crippen LogP contribution in [0.4, 0.5) is 5.69 Å². The average Bonchev–Trinajstić information content (AvgIpc) is 2.44. The fourth-order valence-electron chi connectivity index (χ4n) is 1.73. The van der Waals surface area contributed by atoms with Crippen molar-refractivity contribution >= 4 is 27.5 Å². The standard InChI is InChI=1S/C15H23N3O4S/c1-10(2)9-16-15(20)11(3)18-23(21,22)14-7-5-13(6-8-14)17-12(4)19/h5-8,10-11,18H,9H2,1-4H3,(H,16,20)(H,17,19)/t11-/m0/s1. The van der Waals surface area contributed by atoms with Gasteiger partial charge in [0.25, 0.3) is 0 Å². The largest absolute Gasteiger partial charge is 0.354 e. The molecule has 0 bridgehead atoms. The number of benzene rings is 1. The smallest absolute Gasteiger partial charge is 0.241 e. The summed E-state index contributed by atoms with van der Waals surface area (Å²) in [6.07, 6.45) is 0. The number of sulfonamides is 1. The van der Waals surface area contributed by atoms with Gasteiger partial charge in [0, 0.05) is 19.2 Å². The molecule has 0 saturated carbocycles. The van der Waals surface area contributed by atoms with Crippen LogP contribution in [0.25, 0.3) is 0 Å². The van der Waals surface area contributed by atoms with Crippen molar-refractivity contribution in [3.8, 4) is 0 Å². The van der Waals surface area contributed by atoms with Crippen LogP contribution in [0.5, 0.6) is 0 Å². The van der Waals surface area contributed by atoms with E-state index in [0.29, 0.717) is 12.2 Å². The van der Waals surface area contributed by atoms with Gasteiger partial charge in [0.05, 0.1) is 10.9 Å². The zero-order valence-corrected chi connectivity index (χ0v) is 14.5. The van der Waals surface area contributed by atoms with Crippen molar-refractivity contribution in [1.29, 1.82) is 0 Å². The van der Waals surface area contributed by atoms with Gasteiger partial charge in [0.1, 0.15) is 0 Å². The summed E-state index contributed by atoms with van der Waals surface area (Å²) in [7, 11) is -3.81. The number of hydrogen-bond acceptors (Lipinski definition) is 4. The monoisotopic (exact) mass is 341 g/mol. The van der Waals surface area contributed by atoms with E-state index in [-0.39, 0.29) is 22.6 Å². The lowest BCUT2D eigenvalue weighted by atomic mass is 10.2. The highest BCUT2D eigenvalue weighted by Gasteiger charge is 2.21. The van der Waals surface area contributed by atoms with Crippen molar-refractivity contribution in [3.63, 3.8) is 0 Å². The fraction of sp³-hybridized carbons (Fsp3) is 0.467. The van der Waals surface area contributed by atoms with Crippen LogP contribution in [0.15, 0.2) is 29.2 Å². The van der Waals surface area contributed by atoms with Crippen LogP contribution >= 0.6 is 0 Å². The van der Waals surface area contributed by atoms with E-state index in [1.54, 1.807) is 0 Å². The number of rotatable bonds is 7. The molecule has 0 unspecified atom stereocenters. The molecule has 1 aromatic carbocycles. The molecule has 1 rings (SSSR count). The van der Waals surface area contributed by atoms with Crippen molar-refractivity contribution in [3.05, 3.63) is 24.3 Å². The molecular formula is C15H23N3O4S. The zero-order valence-electron chi connectivity index (χ0n) is 13.7. The summed E-state index contributed by atoms with van der Waals surface area (Å²) >= 11 is 0. The normalized spacial score (nSPS) is 12.7. The van der Waals surface area contributed by atoms with Gasteiger partial charge in [-0.1, -0.05) is 13.8 Å². The Kier molecular flexibility index (Phi) is 6.71. The van der Waals surface area contributed by atoms with Crippen LogP contribution in [0, 0.1) is 5.92 Å². The predicted molar refractivity (Wildman–Crippen MR) is 88.4 cm³/mol. The Labute approximate surface area is 136 Å². The molecule has 0 aliphatic carbocycles. The Hall–Kier alpha value is -1.93. The maximum absolute atomic E-state index is 12.2. The van der Waals surface area contributed by atoms with E-state index in [1.165, 1.54) is 38.1 Å². The molecule has 0 aromatic heterocycles. The first-order valence-corrected chi connectivity index (χ1v) is 8.78. The highest BCUT2D eigenvalue weighted by molar-refractivity contribution is 7.89. The van der Waals surface area contributed by atoms with Crippen LogP contribution in [0.3, 0.4) is 0 Å². The van der Waals surface area contributed by atoms with E-state index in [2.05, 4.69) is 15.4 Å². The number of hydrogen-bond donors (Lipinski definition) is 3. The lowest BCUT2D eigenvalue weighted by Gasteiger charge is -2.15. The van der Waals surface area contributed by atoms with Crippen LogP contribution in [0.1, 0.15) is 27.7 Å². The first-order valence-electron chi connectivity index (χ1n) is 7.29. The molecule has 0 aliphatic heterocycles. The second-order valence-corrected chi connectivity index (χ2v) is 7.40. The Bertz CT molecular complexity index is 654. The fourth-order valence-corrected chi connectivity index (χ4v) is 2.94. The Morgan fingerprint density at radius 3 is 2.13 bits per heavy atom. The number of amides is 2. The Morgan fingerprint density at radius 1 is 1.09 bits per heavy atom. The number of carbonyl (C=O) groups excluding carboxylic acids is 2. The molecule has 0 heterocycles. The quantitative estimate of drug-likeness (QED) is 0.690. The van der Waals surface area contributed by atoms with Gasteiger partial charge in [0.2, 0.25) is 21.8 Å². The highest BCUT2D eigenvalue weighted by atomic mass is 32.2. The van der Waals surface area contributed by atoms with Crippen molar-refractivity contribution in [2.24, 2.45) is 5.92 Å². The maximum Gasteiger partial charge on any atom is 0.241 e. The average molecular weight is 341 g/mol. The summed E-state index contributed by atoms with van der Waals surface area (Å²) in [5.41, 5.74) is 0.499. The zero-order chi connectivity index (χ0) is 17.6. The summed E-state index contributed by atoms with van der Waals surface area (Å²) < 4.78 is 26.8. The molecule has 0 spiro atoms. The Morgan fingerprint density at radius 2 is 1.65 bits per heavy atom. The maximum atomic E-state index is 12.2. The Balaban J connectivity index is 2.74. The van der Waals surface area contributed by atoms with Gasteiger partial charge in [-0.15, -0.1) is 0 Å². The van der Waals surface area contributed by atoms with Gasteiger partial charge in [0.15, 0.2) is 0 Å². The molecule has 23 heavy (non-hydrogen) atoms. The second-order valence-electron chi connectivity index (χ2n) is 5.69. The summed E-state index contributed by atoms with van der Waals surface area (Å²) in [4.78, 5) is 22.8. The molecule has 1 atom stereocenters. The lowest BCUT2D eigenvalue weighted by Crippen LogP contribution is -2.45. The third kappa shape index (κ3) is 6.37. The number of anilines is 1. The topological polar surface area (TPSA) is 104 Å². The van der Waals surface area contributed by atoms with Crippen LogP contribution in [0.2, 0.25) is 0 Å². The third-order valence-corrected chi connectivity index (χ3v) is 4.45. The minimum atomic E-state index is -3.81. The summed E-state index contributed by atoms with van der Waals surface area (Å²) in [5, 5.41) is 5.22. The lowest BCUT2D eigenvalue weighted by molar-refractivity contribution is -0.122. The number of carbonyl (C=O) groups is 2. The molecule has 0 radical (unpaired) electrons. The van der Waals surface area contributed by atoms with E-state index in [4.69, 9.17) is 0 Å². The second kappa shape index (κ2) is 8.07. The van der Waals surface area contributed by atoms with Gasteiger partial charge in [-0.2, -0.15) is 4.72 Å². The van der Waals surface area contributed by atoms with Crippen molar-refractivity contribution in [2.75, 3.05) is 11.9 Å². The SMILES string of the molecule is CC(=O)Nc1ccc(S(=O)(=O)N[C@@H](C)C(=O)NCC(C)C)cc1. The molecular weight excluding hydrogens is 318 g/mol. The van der Waals surface area contributed by atoms with Gasteiger partial charge in [-0.3, -0.25) is 9.59 Å². The molecule has 0 aliphatic rings. The summed E-state index contributed by atoms with van der Waals surface area (Å²) in [6, 6.07) is 4.83. The predicted octanol–water partition coefficient (Wildman–Crippen LogP) is 1.08. The van der Waals surface area contributed by atoms with Crippen molar-refractivity contribution in [1.82, 2.24) is 10.0 Å². The molecule has 2 amide bonds. The van der Waals surface area contributed by atoms with Gasteiger partial charge < -0.3 is 10.6 Å². The molecule has 1 aromatic rings. The summed E-state index contributed by atoms with van der Waals surface area (Å²) in [6.45, 7) is 7.23. The third-order valence-electron chi connectivity index (χ3n) is 2.89. The van der Waals surface area contributed by atoms with E-state index >= 15 is 0 Å².